The molecule has 10 atom stereocenters. The van der Waals surface area contributed by atoms with Gasteiger partial charge in [0.05, 0.1) is 12.2 Å². The third kappa shape index (κ3) is 4.74. The van der Waals surface area contributed by atoms with Crippen LogP contribution >= 0.6 is 0 Å². The van der Waals surface area contributed by atoms with Crippen molar-refractivity contribution in [1.82, 2.24) is 5.32 Å². The van der Waals surface area contributed by atoms with Crippen LogP contribution in [0, 0.1) is 46.3 Å². The summed E-state index contributed by atoms with van der Waals surface area (Å²) in [5, 5.41) is 23.9. The Bertz CT molecular complexity index is 848. The summed E-state index contributed by atoms with van der Waals surface area (Å²) in [6.45, 7) is 7.04. The Morgan fingerprint density at radius 3 is 2.39 bits per heavy atom. The summed E-state index contributed by atoms with van der Waals surface area (Å²) in [5.41, 5.74) is 0.378. The van der Waals surface area contributed by atoms with Gasteiger partial charge < -0.3 is 15.5 Å². The SMILES string of the molecule is C[C@H](CCC(=O)NCS(=O)(=O)O)[C@H]1CC[C@H]2[C@@H]3[C@@H](O)CC4C[C@H](O)CC[C@]4(C)[C@H]3CC[C@]12C. The minimum absolute atomic E-state index is 0.157. The smallest absolute Gasteiger partial charge is 0.283 e. The van der Waals surface area contributed by atoms with Crippen LogP contribution in [0.4, 0.5) is 0 Å². The van der Waals surface area contributed by atoms with Gasteiger partial charge in [0, 0.05) is 6.42 Å². The van der Waals surface area contributed by atoms with Gasteiger partial charge in [-0.3, -0.25) is 9.35 Å². The molecule has 190 valence electrons. The summed E-state index contributed by atoms with van der Waals surface area (Å²) < 4.78 is 30.5. The quantitative estimate of drug-likeness (QED) is 0.428. The molecular formula is C25H43NO6S. The summed E-state index contributed by atoms with van der Waals surface area (Å²) in [4.78, 5) is 12.1. The summed E-state index contributed by atoms with van der Waals surface area (Å²) in [6, 6.07) is 0. The molecule has 0 spiro atoms. The molecule has 4 fully saturated rings. The Kier molecular flexibility index (Phi) is 6.98. The first-order valence-electron chi connectivity index (χ1n) is 12.9. The number of amides is 1. The molecule has 0 bridgehead atoms. The highest BCUT2D eigenvalue weighted by molar-refractivity contribution is 7.85. The highest BCUT2D eigenvalue weighted by atomic mass is 32.2. The summed E-state index contributed by atoms with van der Waals surface area (Å²) in [6.07, 6.45) is 8.57. The van der Waals surface area contributed by atoms with E-state index >= 15 is 0 Å². The second-order valence-corrected chi connectivity index (χ2v) is 13.7. The first-order valence-corrected chi connectivity index (χ1v) is 14.5. The fraction of sp³-hybridized carbons (Fsp3) is 0.960. The van der Waals surface area contributed by atoms with Gasteiger partial charge >= 0.3 is 0 Å². The zero-order valence-corrected chi connectivity index (χ0v) is 21.2. The zero-order valence-electron chi connectivity index (χ0n) is 20.4. The van der Waals surface area contributed by atoms with Crippen LogP contribution in [-0.2, 0) is 14.9 Å². The highest BCUT2D eigenvalue weighted by Gasteiger charge is 2.62. The number of hydrogen-bond donors (Lipinski definition) is 4. The van der Waals surface area contributed by atoms with E-state index in [-0.39, 0.29) is 35.4 Å². The summed E-state index contributed by atoms with van der Waals surface area (Å²) in [7, 11) is -4.20. The summed E-state index contributed by atoms with van der Waals surface area (Å²) in [5.74, 6) is 1.51. The molecule has 4 rings (SSSR count). The Balaban J connectivity index is 1.43. The van der Waals surface area contributed by atoms with Crippen LogP contribution in [0.25, 0.3) is 0 Å². The van der Waals surface area contributed by atoms with Crippen molar-refractivity contribution in [3.05, 3.63) is 0 Å². The zero-order chi connectivity index (χ0) is 24.2. The lowest BCUT2D eigenvalue weighted by Gasteiger charge is -2.62. The van der Waals surface area contributed by atoms with Crippen LogP contribution in [0.5, 0.6) is 0 Å². The highest BCUT2D eigenvalue weighted by Crippen LogP contribution is 2.68. The molecule has 4 aliphatic rings. The average Bonchev–Trinajstić information content (AvgIpc) is 3.08. The van der Waals surface area contributed by atoms with Crippen molar-refractivity contribution in [2.75, 3.05) is 5.88 Å². The molecule has 0 saturated heterocycles. The van der Waals surface area contributed by atoms with Crippen LogP contribution in [0.15, 0.2) is 0 Å². The Morgan fingerprint density at radius 2 is 1.70 bits per heavy atom. The van der Waals surface area contributed by atoms with Gasteiger partial charge in [0.15, 0.2) is 0 Å². The van der Waals surface area contributed by atoms with Gasteiger partial charge in [0.25, 0.3) is 10.1 Å². The molecule has 33 heavy (non-hydrogen) atoms. The van der Waals surface area contributed by atoms with Crippen molar-refractivity contribution in [2.24, 2.45) is 46.3 Å². The second kappa shape index (κ2) is 9.07. The van der Waals surface area contributed by atoms with Crippen molar-refractivity contribution in [3.8, 4) is 0 Å². The predicted octanol–water partition coefficient (Wildman–Crippen LogP) is 3.35. The number of hydrogen-bond acceptors (Lipinski definition) is 5. The lowest BCUT2D eigenvalue weighted by atomic mass is 9.43. The molecule has 4 aliphatic carbocycles. The number of rotatable bonds is 6. The van der Waals surface area contributed by atoms with Crippen LogP contribution in [0.3, 0.4) is 0 Å². The molecule has 1 unspecified atom stereocenters. The van der Waals surface area contributed by atoms with E-state index in [0.717, 1.165) is 51.4 Å². The normalized spacial score (nSPS) is 46.1. The number of carbonyl (C=O) groups is 1. The molecule has 7 nitrogen and oxygen atoms in total. The first kappa shape index (κ1) is 25.4. The topological polar surface area (TPSA) is 124 Å². The van der Waals surface area contributed by atoms with Crippen molar-refractivity contribution in [3.63, 3.8) is 0 Å². The maximum absolute atomic E-state index is 12.1. The number of carbonyl (C=O) groups excluding carboxylic acids is 1. The van der Waals surface area contributed by atoms with Crippen molar-refractivity contribution >= 4 is 16.0 Å². The van der Waals surface area contributed by atoms with E-state index in [1.807, 2.05) is 0 Å². The lowest BCUT2D eigenvalue weighted by Crippen LogP contribution is -2.58. The standard InChI is InChI=1S/C25H43NO6S/c1-15(4-7-22(29)26-14-33(30,31)32)18-5-6-19-23-20(9-11-25(18,19)3)24(2)10-8-17(27)12-16(24)13-21(23)28/h15-21,23,27-28H,4-14H2,1-3H3,(H,26,29)(H,30,31,32)/t15-,16?,17-,18-,19+,20+,21+,23+,24+,25-/m1/s1. The molecule has 0 radical (unpaired) electrons. The molecule has 0 heterocycles. The predicted molar refractivity (Wildman–Crippen MR) is 126 cm³/mol. The van der Waals surface area contributed by atoms with E-state index in [2.05, 4.69) is 26.1 Å². The van der Waals surface area contributed by atoms with Gasteiger partial charge in [-0.1, -0.05) is 20.8 Å². The van der Waals surface area contributed by atoms with Gasteiger partial charge in [-0.25, -0.2) is 0 Å². The molecule has 4 N–H and O–H groups in total. The van der Waals surface area contributed by atoms with E-state index < -0.39 is 16.0 Å². The van der Waals surface area contributed by atoms with Crippen molar-refractivity contribution in [2.45, 2.75) is 97.2 Å². The maximum Gasteiger partial charge on any atom is 0.283 e. The molecule has 4 saturated carbocycles. The van der Waals surface area contributed by atoms with Crippen LogP contribution < -0.4 is 5.32 Å². The van der Waals surface area contributed by atoms with E-state index in [4.69, 9.17) is 4.55 Å². The van der Waals surface area contributed by atoms with E-state index in [1.54, 1.807) is 0 Å². The van der Waals surface area contributed by atoms with Crippen molar-refractivity contribution < 1.29 is 28.0 Å². The number of aliphatic hydroxyl groups excluding tert-OH is 2. The van der Waals surface area contributed by atoms with Crippen molar-refractivity contribution in [1.29, 1.82) is 0 Å². The average molecular weight is 486 g/mol. The Morgan fingerprint density at radius 1 is 1.03 bits per heavy atom. The van der Waals surface area contributed by atoms with Gasteiger partial charge in [0.2, 0.25) is 5.91 Å². The van der Waals surface area contributed by atoms with Crippen LogP contribution in [0.1, 0.15) is 85.0 Å². The van der Waals surface area contributed by atoms with E-state index in [9.17, 15) is 23.4 Å². The summed E-state index contributed by atoms with van der Waals surface area (Å²) >= 11 is 0. The minimum Gasteiger partial charge on any atom is -0.393 e. The molecule has 8 heteroatoms. The molecule has 1 amide bonds. The minimum atomic E-state index is -4.20. The van der Waals surface area contributed by atoms with Gasteiger partial charge in [-0.2, -0.15) is 8.42 Å². The molecular weight excluding hydrogens is 442 g/mol. The van der Waals surface area contributed by atoms with Gasteiger partial charge in [-0.05, 0) is 104 Å². The largest absolute Gasteiger partial charge is 0.393 e. The monoisotopic (exact) mass is 485 g/mol. The van der Waals surface area contributed by atoms with Crippen LogP contribution in [0.2, 0.25) is 0 Å². The van der Waals surface area contributed by atoms with Gasteiger partial charge in [0.1, 0.15) is 5.88 Å². The van der Waals surface area contributed by atoms with E-state index in [0.29, 0.717) is 41.9 Å². The maximum atomic E-state index is 12.1. The number of aliphatic hydroxyl groups is 2. The Hall–Kier alpha value is -0.700. The second-order valence-electron chi connectivity index (χ2n) is 12.3. The van der Waals surface area contributed by atoms with Gasteiger partial charge in [-0.15, -0.1) is 0 Å². The Labute approximate surface area is 198 Å². The van der Waals surface area contributed by atoms with E-state index in [1.165, 1.54) is 0 Å². The molecule has 0 aromatic heterocycles. The number of fused-ring (bicyclic) bond motifs is 5. The third-order valence-corrected chi connectivity index (χ3v) is 11.2. The fourth-order valence-electron chi connectivity index (χ4n) is 9.00. The third-order valence-electron chi connectivity index (χ3n) is 10.7. The molecule has 0 aliphatic heterocycles. The molecule has 0 aromatic carbocycles. The fourth-order valence-corrected chi connectivity index (χ4v) is 9.34. The first-order chi connectivity index (χ1) is 15.3. The molecule has 0 aromatic rings. The van der Waals surface area contributed by atoms with Crippen LogP contribution in [-0.4, -0.2) is 47.2 Å². The number of nitrogens with one attached hydrogen (secondary N) is 1. The lowest BCUT2D eigenvalue weighted by molar-refractivity contribution is -0.174.